The minimum atomic E-state index is -1.01. The molecule has 2 rings (SSSR count). The first-order chi connectivity index (χ1) is 9.56. The SMILES string of the molecule is O=C(O)c1cccc(CNC(=O)c2ccc(=O)[nH]c2)c1. The smallest absolute Gasteiger partial charge is 0.335 e. The first-order valence-corrected chi connectivity index (χ1v) is 5.85. The Morgan fingerprint density at radius 1 is 1.15 bits per heavy atom. The zero-order valence-electron chi connectivity index (χ0n) is 10.4. The number of rotatable bonds is 4. The molecule has 0 unspecified atom stereocenters. The molecule has 20 heavy (non-hydrogen) atoms. The van der Waals surface area contributed by atoms with E-state index in [4.69, 9.17) is 5.11 Å². The molecule has 6 nitrogen and oxygen atoms in total. The minimum Gasteiger partial charge on any atom is -0.478 e. The number of benzene rings is 1. The van der Waals surface area contributed by atoms with Gasteiger partial charge in [0.1, 0.15) is 0 Å². The monoisotopic (exact) mass is 272 g/mol. The van der Waals surface area contributed by atoms with E-state index in [9.17, 15) is 14.4 Å². The number of pyridine rings is 1. The predicted octanol–water partition coefficient (Wildman–Crippen LogP) is 1.00. The van der Waals surface area contributed by atoms with Crippen LogP contribution < -0.4 is 10.9 Å². The average molecular weight is 272 g/mol. The number of aromatic carboxylic acids is 1. The molecule has 0 aliphatic heterocycles. The Morgan fingerprint density at radius 2 is 1.95 bits per heavy atom. The van der Waals surface area contributed by atoms with Gasteiger partial charge in [-0.25, -0.2) is 4.79 Å². The van der Waals surface area contributed by atoms with Crippen molar-refractivity contribution in [3.63, 3.8) is 0 Å². The molecule has 0 aliphatic carbocycles. The molecule has 6 heteroatoms. The Hall–Kier alpha value is -2.89. The normalized spacial score (nSPS) is 10.0. The number of nitrogens with one attached hydrogen (secondary N) is 2. The molecule has 0 fully saturated rings. The molecule has 1 heterocycles. The van der Waals surface area contributed by atoms with E-state index in [-0.39, 0.29) is 23.6 Å². The third kappa shape index (κ3) is 3.32. The lowest BCUT2D eigenvalue weighted by molar-refractivity contribution is 0.0696. The third-order valence-corrected chi connectivity index (χ3v) is 2.67. The van der Waals surface area contributed by atoms with E-state index in [1.165, 1.54) is 30.5 Å². The number of hydrogen-bond donors (Lipinski definition) is 3. The van der Waals surface area contributed by atoms with Gasteiger partial charge in [-0.3, -0.25) is 9.59 Å². The molecule has 0 aliphatic rings. The Kier molecular flexibility index (Phi) is 3.95. The van der Waals surface area contributed by atoms with Crippen LogP contribution in [0.15, 0.2) is 47.4 Å². The maximum absolute atomic E-state index is 11.8. The second-order valence-electron chi connectivity index (χ2n) is 4.13. The molecule has 0 radical (unpaired) electrons. The Labute approximate surface area is 114 Å². The van der Waals surface area contributed by atoms with E-state index >= 15 is 0 Å². The number of H-pyrrole nitrogens is 1. The first-order valence-electron chi connectivity index (χ1n) is 5.85. The van der Waals surface area contributed by atoms with Crippen molar-refractivity contribution in [3.8, 4) is 0 Å². The van der Waals surface area contributed by atoms with E-state index in [1.54, 1.807) is 12.1 Å². The number of carboxylic acids is 1. The summed E-state index contributed by atoms with van der Waals surface area (Å²) in [4.78, 5) is 35.9. The van der Waals surface area contributed by atoms with Crippen LogP contribution in [0.2, 0.25) is 0 Å². The highest BCUT2D eigenvalue weighted by Crippen LogP contribution is 2.05. The van der Waals surface area contributed by atoms with Crippen LogP contribution in [0.1, 0.15) is 26.3 Å². The summed E-state index contributed by atoms with van der Waals surface area (Å²) in [5, 5.41) is 11.5. The number of amides is 1. The molecule has 0 bridgehead atoms. The largest absolute Gasteiger partial charge is 0.478 e. The van der Waals surface area contributed by atoms with Crippen LogP contribution in [0.5, 0.6) is 0 Å². The highest BCUT2D eigenvalue weighted by atomic mass is 16.4. The lowest BCUT2D eigenvalue weighted by Gasteiger charge is -2.06. The summed E-state index contributed by atoms with van der Waals surface area (Å²) >= 11 is 0. The van der Waals surface area contributed by atoms with E-state index in [2.05, 4.69) is 10.3 Å². The summed E-state index contributed by atoms with van der Waals surface area (Å²) in [5.74, 6) is -1.36. The lowest BCUT2D eigenvalue weighted by atomic mass is 10.1. The molecule has 3 N–H and O–H groups in total. The summed E-state index contributed by atoms with van der Waals surface area (Å²) in [6.45, 7) is 0.207. The van der Waals surface area contributed by atoms with Gasteiger partial charge in [-0.15, -0.1) is 0 Å². The van der Waals surface area contributed by atoms with Gasteiger partial charge in [0.15, 0.2) is 0 Å². The number of aromatic nitrogens is 1. The van der Waals surface area contributed by atoms with E-state index < -0.39 is 5.97 Å². The van der Waals surface area contributed by atoms with Crippen molar-refractivity contribution in [1.29, 1.82) is 0 Å². The summed E-state index contributed by atoms with van der Waals surface area (Å²) in [5.41, 5.74) is 0.901. The fraction of sp³-hybridized carbons (Fsp3) is 0.0714. The summed E-state index contributed by atoms with van der Waals surface area (Å²) < 4.78 is 0. The Balaban J connectivity index is 2.03. The van der Waals surface area contributed by atoms with Crippen molar-refractivity contribution in [1.82, 2.24) is 10.3 Å². The third-order valence-electron chi connectivity index (χ3n) is 2.67. The minimum absolute atomic E-state index is 0.167. The number of aromatic amines is 1. The molecule has 0 atom stereocenters. The Morgan fingerprint density at radius 3 is 2.60 bits per heavy atom. The van der Waals surface area contributed by atoms with Gasteiger partial charge >= 0.3 is 5.97 Å². The molecule has 0 spiro atoms. The van der Waals surface area contributed by atoms with Crippen LogP contribution in [0.4, 0.5) is 0 Å². The summed E-state index contributed by atoms with van der Waals surface area (Å²) in [6, 6.07) is 9.00. The van der Waals surface area contributed by atoms with Gasteiger partial charge in [0.25, 0.3) is 5.91 Å². The van der Waals surface area contributed by atoms with Gasteiger partial charge in [-0.05, 0) is 23.8 Å². The molecule has 0 saturated carbocycles. The molecular formula is C14H12N2O4. The highest BCUT2D eigenvalue weighted by Gasteiger charge is 2.07. The summed E-state index contributed by atoms with van der Waals surface area (Å²) in [7, 11) is 0. The first kappa shape index (κ1) is 13.5. The van der Waals surface area contributed by atoms with Crippen LogP contribution in [0, 0.1) is 0 Å². The van der Waals surface area contributed by atoms with Gasteiger partial charge in [0.2, 0.25) is 5.56 Å². The van der Waals surface area contributed by atoms with Crippen molar-refractivity contribution >= 4 is 11.9 Å². The molecule has 1 aromatic heterocycles. The zero-order valence-corrected chi connectivity index (χ0v) is 10.4. The van der Waals surface area contributed by atoms with E-state index in [0.717, 1.165) is 0 Å². The van der Waals surface area contributed by atoms with Gasteiger partial charge in [-0.2, -0.15) is 0 Å². The fourth-order valence-electron chi connectivity index (χ4n) is 1.65. The van der Waals surface area contributed by atoms with Gasteiger partial charge in [0, 0.05) is 18.8 Å². The van der Waals surface area contributed by atoms with Crippen molar-refractivity contribution < 1.29 is 14.7 Å². The standard InChI is InChI=1S/C14H12N2O4/c17-12-5-4-11(8-15-12)13(18)16-7-9-2-1-3-10(6-9)14(19)20/h1-6,8H,7H2,(H,15,17)(H,16,18)(H,19,20). The topological polar surface area (TPSA) is 99.3 Å². The predicted molar refractivity (Wildman–Crippen MR) is 71.6 cm³/mol. The molecule has 1 amide bonds. The van der Waals surface area contributed by atoms with E-state index in [1.807, 2.05) is 0 Å². The second-order valence-corrected chi connectivity index (χ2v) is 4.13. The Bertz CT molecular complexity index is 686. The van der Waals surface area contributed by atoms with Crippen LogP contribution >= 0.6 is 0 Å². The molecule has 1 aromatic carbocycles. The number of hydrogen-bond acceptors (Lipinski definition) is 3. The highest BCUT2D eigenvalue weighted by molar-refractivity contribution is 5.93. The van der Waals surface area contributed by atoms with Crippen LogP contribution in [-0.4, -0.2) is 22.0 Å². The second kappa shape index (κ2) is 5.83. The van der Waals surface area contributed by atoms with Crippen LogP contribution in [0.3, 0.4) is 0 Å². The quantitative estimate of drug-likeness (QED) is 0.773. The fourth-order valence-corrected chi connectivity index (χ4v) is 1.65. The average Bonchev–Trinajstić information content (AvgIpc) is 2.46. The van der Waals surface area contributed by atoms with Crippen LogP contribution in [-0.2, 0) is 6.54 Å². The molecular weight excluding hydrogens is 260 g/mol. The van der Waals surface area contributed by atoms with Gasteiger partial charge in [-0.1, -0.05) is 12.1 Å². The number of carbonyl (C=O) groups is 2. The van der Waals surface area contributed by atoms with Gasteiger partial charge in [0.05, 0.1) is 11.1 Å². The summed E-state index contributed by atoms with van der Waals surface area (Å²) in [6.07, 6.45) is 1.32. The number of carbonyl (C=O) groups excluding carboxylic acids is 1. The van der Waals surface area contributed by atoms with E-state index in [0.29, 0.717) is 11.1 Å². The van der Waals surface area contributed by atoms with Gasteiger partial charge < -0.3 is 15.4 Å². The molecule has 102 valence electrons. The lowest BCUT2D eigenvalue weighted by Crippen LogP contribution is -2.23. The van der Waals surface area contributed by atoms with Crippen molar-refractivity contribution in [3.05, 3.63) is 69.6 Å². The van der Waals surface area contributed by atoms with Crippen molar-refractivity contribution in [2.45, 2.75) is 6.54 Å². The van der Waals surface area contributed by atoms with Crippen molar-refractivity contribution in [2.75, 3.05) is 0 Å². The van der Waals surface area contributed by atoms with Crippen molar-refractivity contribution in [2.24, 2.45) is 0 Å². The zero-order chi connectivity index (χ0) is 14.5. The maximum atomic E-state index is 11.8. The maximum Gasteiger partial charge on any atom is 0.335 e. The number of carboxylic acid groups (broad SMARTS) is 1. The molecule has 0 saturated heterocycles. The van der Waals surface area contributed by atoms with Crippen LogP contribution in [0.25, 0.3) is 0 Å². The molecule has 2 aromatic rings.